The van der Waals surface area contributed by atoms with Gasteiger partial charge < -0.3 is 10.6 Å². The van der Waals surface area contributed by atoms with Crippen LogP contribution in [0.25, 0.3) is 0 Å². The number of hydrogen-bond donors (Lipinski definition) is 2. The van der Waals surface area contributed by atoms with Crippen LogP contribution < -0.4 is 10.6 Å². The van der Waals surface area contributed by atoms with E-state index in [0.29, 0.717) is 30.1 Å². The van der Waals surface area contributed by atoms with E-state index in [1.54, 1.807) is 14.0 Å². The lowest BCUT2D eigenvalue weighted by Gasteiger charge is -2.42. The van der Waals surface area contributed by atoms with E-state index in [9.17, 15) is 13.6 Å². The fraction of sp³-hybridized carbons (Fsp3) is 0.312. The minimum absolute atomic E-state index is 0.131. The minimum Gasteiger partial charge on any atom is -0.362 e. The van der Waals surface area contributed by atoms with Crippen molar-refractivity contribution in [2.45, 2.75) is 25.3 Å². The molecule has 6 heteroatoms. The predicted octanol–water partition coefficient (Wildman–Crippen LogP) is 2.31. The van der Waals surface area contributed by atoms with E-state index in [2.05, 4.69) is 17.2 Å². The fourth-order valence-electron chi connectivity index (χ4n) is 2.91. The number of halogens is 2. The van der Waals surface area contributed by atoms with E-state index >= 15 is 0 Å². The highest BCUT2D eigenvalue weighted by atomic mass is 19.1. The summed E-state index contributed by atoms with van der Waals surface area (Å²) < 4.78 is 27.6. The van der Waals surface area contributed by atoms with Gasteiger partial charge in [0.2, 0.25) is 0 Å². The average molecular weight is 305 g/mol. The molecule has 0 unspecified atom stereocenters. The van der Waals surface area contributed by atoms with Crippen LogP contribution in [-0.4, -0.2) is 17.9 Å². The van der Waals surface area contributed by atoms with Crippen molar-refractivity contribution in [2.24, 2.45) is 0 Å². The molecule has 0 aliphatic carbocycles. The lowest BCUT2D eigenvalue weighted by molar-refractivity contribution is -0.125. The smallest absolute Gasteiger partial charge is 0.258 e. The number of benzene rings is 1. The summed E-state index contributed by atoms with van der Waals surface area (Å²) in [7, 11) is 1.64. The molecule has 2 aliphatic rings. The maximum atomic E-state index is 14.1. The maximum Gasteiger partial charge on any atom is 0.258 e. The molecular formula is C16H17F2N3O. The summed E-state index contributed by atoms with van der Waals surface area (Å²) in [5, 5.41) is 6.17. The zero-order valence-electron chi connectivity index (χ0n) is 12.5. The van der Waals surface area contributed by atoms with Crippen molar-refractivity contribution in [3.05, 3.63) is 59.2 Å². The Bertz CT molecular complexity index is 713. The van der Waals surface area contributed by atoms with Crippen LogP contribution in [0.15, 0.2) is 42.0 Å². The zero-order valence-corrected chi connectivity index (χ0v) is 12.5. The Balaban J connectivity index is 2.00. The molecule has 3 rings (SSSR count). The van der Waals surface area contributed by atoms with Crippen molar-refractivity contribution in [3.63, 3.8) is 0 Å². The van der Waals surface area contributed by atoms with E-state index in [1.165, 1.54) is 11.0 Å². The summed E-state index contributed by atoms with van der Waals surface area (Å²) >= 11 is 0. The first-order valence-electron chi connectivity index (χ1n) is 7.03. The molecule has 2 aliphatic heterocycles. The molecule has 22 heavy (non-hydrogen) atoms. The Kier molecular flexibility index (Phi) is 3.20. The second kappa shape index (κ2) is 4.83. The number of likely N-dealkylation sites (N-methyl/N-ethyl adjacent to an activating group) is 1. The van der Waals surface area contributed by atoms with Crippen molar-refractivity contribution in [3.8, 4) is 0 Å². The van der Waals surface area contributed by atoms with Crippen LogP contribution in [0.2, 0.25) is 0 Å². The second-order valence-electron chi connectivity index (χ2n) is 5.87. The number of nitrogens with zero attached hydrogens (tertiary/aromatic N) is 1. The molecule has 1 atom stereocenters. The Labute approximate surface area is 127 Å². The van der Waals surface area contributed by atoms with Gasteiger partial charge in [-0.3, -0.25) is 9.69 Å². The molecule has 1 aromatic carbocycles. The molecule has 0 bridgehead atoms. The summed E-state index contributed by atoms with van der Waals surface area (Å²) in [5.41, 5.74) is 0.0520. The molecular weight excluding hydrogens is 288 g/mol. The normalized spacial score (nSPS) is 24.8. The van der Waals surface area contributed by atoms with E-state index < -0.39 is 17.2 Å². The standard InChI is InChI=1S/C16H17F2N3O/c1-9-19-14-11(15(22)21(9)3)6-7-16(2,20-14)12-8-10(17)4-5-13(12)18/h4-5,8,19-20H,1,6-7H2,2-3H3/t16-/m1/s1. The molecule has 0 fully saturated rings. The summed E-state index contributed by atoms with van der Waals surface area (Å²) in [5.74, 6) is -0.131. The van der Waals surface area contributed by atoms with Crippen molar-refractivity contribution in [2.75, 3.05) is 7.05 Å². The third kappa shape index (κ3) is 2.15. The van der Waals surface area contributed by atoms with Gasteiger partial charge in [0.05, 0.1) is 11.1 Å². The first kappa shape index (κ1) is 14.6. The van der Waals surface area contributed by atoms with Gasteiger partial charge in [-0.25, -0.2) is 8.78 Å². The van der Waals surface area contributed by atoms with Crippen LogP contribution in [0.1, 0.15) is 25.3 Å². The Hall–Kier alpha value is -2.37. The Morgan fingerprint density at radius 1 is 1.36 bits per heavy atom. The molecule has 116 valence electrons. The molecule has 0 aromatic heterocycles. The number of nitrogens with one attached hydrogen (secondary N) is 2. The first-order valence-corrected chi connectivity index (χ1v) is 7.03. The van der Waals surface area contributed by atoms with Gasteiger partial charge in [0.1, 0.15) is 23.3 Å². The van der Waals surface area contributed by atoms with E-state index in [-0.39, 0.29) is 11.5 Å². The number of amides is 1. The van der Waals surface area contributed by atoms with Crippen LogP contribution in [0, 0.1) is 11.6 Å². The van der Waals surface area contributed by atoms with Gasteiger partial charge in [-0.15, -0.1) is 0 Å². The van der Waals surface area contributed by atoms with Crippen LogP contribution in [0.5, 0.6) is 0 Å². The van der Waals surface area contributed by atoms with E-state index in [4.69, 9.17) is 0 Å². The highest BCUT2D eigenvalue weighted by Crippen LogP contribution is 2.36. The van der Waals surface area contributed by atoms with Gasteiger partial charge >= 0.3 is 0 Å². The van der Waals surface area contributed by atoms with Gasteiger partial charge in [-0.2, -0.15) is 0 Å². The van der Waals surface area contributed by atoms with Crippen molar-refractivity contribution in [1.82, 2.24) is 15.5 Å². The highest BCUT2D eigenvalue weighted by molar-refractivity contribution is 5.96. The highest BCUT2D eigenvalue weighted by Gasteiger charge is 2.39. The topological polar surface area (TPSA) is 44.4 Å². The largest absolute Gasteiger partial charge is 0.362 e. The van der Waals surface area contributed by atoms with Gasteiger partial charge in [-0.05, 0) is 38.0 Å². The van der Waals surface area contributed by atoms with Crippen molar-refractivity contribution >= 4 is 5.91 Å². The number of carbonyl (C=O) groups is 1. The van der Waals surface area contributed by atoms with Crippen LogP contribution in [0.3, 0.4) is 0 Å². The fourth-order valence-corrected chi connectivity index (χ4v) is 2.91. The number of rotatable bonds is 1. The van der Waals surface area contributed by atoms with Crippen LogP contribution in [0.4, 0.5) is 8.78 Å². The Morgan fingerprint density at radius 3 is 2.82 bits per heavy atom. The SMILES string of the molecule is C=C1NC2=C(CC[C@](C)(c3cc(F)ccc3F)N2)C(=O)N1C. The third-order valence-electron chi connectivity index (χ3n) is 4.34. The van der Waals surface area contributed by atoms with Gasteiger partial charge in [-0.1, -0.05) is 6.58 Å². The van der Waals surface area contributed by atoms with E-state index in [0.717, 1.165) is 12.1 Å². The molecule has 0 saturated heterocycles. The molecule has 1 aromatic rings. The number of hydrogen-bond acceptors (Lipinski definition) is 3. The summed E-state index contributed by atoms with van der Waals surface area (Å²) in [6.45, 7) is 5.57. The molecule has 2 heterocycles. The third-order valence-corrected chi connectivity index (χ3v) is 4.34. The van der Waals surface area contributed by atoms with Crippen molar-refractivity contribution in [1.29, 1.82) is 0 Å². The monoisotopic (exact) mass is 305 g/mol. The summed E-state index contributed by atoms with van der Waals surface area (Å²) in [4.78, 5) is 13.7. The van der Waals surface area contributed by atoms with Crippen LogP contribution in [-0.2, 0) is 10.3 Å². The molecule has 1 amide bonds. The molecule has 4 nitrogen and oxygen atoms in total. The first-order chi connectivity index (χ1) is 10.3. The average Bonchev–Trinajstić information content (AvgIpc) is 2.47. The Morgan fingerprint density at radius 2 is 2.09 bits per heavy atom. The summed E-state index contributed by atoms with van der Waals surface area (Å²) in [6.07, 6.45) is 0.957. The summed E-state index contributed by atoms with van der Waals surface area (Å²) in [6, 6.07) is 3.40. The van der Waals surface area contributed by atoms with Gasteiger partial charge in [0, 0.05) is 12.6 Å². The lowest BCUT2D eigenvalue weighted by atomic mass is 9.82. The second-order valence-corrected chi connectivity index (χ2v) is 5.87. The molecule has 0 radical (unpaired) electrons. The zero-order chi connectivity index (χ0) is 16.1. The van der Waals surface area contributed by atoms with Gasteiger partial charge in [0.25, 0.3) is 5.91 Å². The predicted molar refractivity (Wildman–Crippen MR) is 78.2 cm³/mol. The van der Waals surface area contributed by atoms with Gasteiger partial charge in [0.15, 0.2) is 0 Å². The van der Waals surface area contributed by atoms with Crippen molar-refractivity contribution < 1.29 is 13.6 Å². The molecule has 2 N–H and O–H groups in total. The van der Waals surface area contributed by atoms with E-state index in [1.807, 2.05) is 0 Å². The molecule has 0 saturated carbocycles. The minimum atomic E-state index is -0.797. The quantitative estimate of drug-likeness (QED) is 0.837. The van der Waals surface area contributed by atoms with Crippen LogP contribution >= 0.6 is 0 Å². The lowest BCUT2D eigenvalue weighted by Crippen LogP contribution is -2.52. The number of carbonyl (C=O) groups excluding carboxylic acids is 1. The molecule has 0 spiro atoms. The maximum absolute atomic E-state index is 14.1.